The zero-order valence-corrected chi connectivity index (χ0v) is 19.0. The second kappa shape index (κ2) is 12.3. The highest BCUT2D eigenvalue weighted by molar-refractivity contribution is 5.51. The quantitative estimate of drug-likeness (QED) is 0.417. The Kier molecular flexibility index (Phi) is 9.19. The van der Waals surface area contributed by atoms with E-state index in [1.807, 2.05) is 42.5 Å². The van der Waals surface area contributed by atoms with Crippen molar-refractivity contribution in [3.05, 3.63) is 78.4 Å². The van der Waals surface area contributed by atoms with E-state index in [2.05, 4.69) is 17.0 Å². The van der Waals surface area contributed by atoms with Crippen LogP contribution in [-0.2, 0) is 0 Å². The van der Waals surface area contributed by atoms with Crippen LogP contribution < -0.4 is 19.9 Å². The minimum Gasteiger partial charge on any atom is -0.493 e. The van der Waals surface area contributed by atoms with Gasteiger partial charge in [-0.1, -0.05) is 37.8 Å². The lowest BCUT2D eigenvalue weighted by Crippen LogP contribution is -2.40. The summed E-state index contributed by atoms with van der Waals surface area (Å²) in [5, 5.41) is 10.5. The Labute approximate surface area is 202 Å². The van der Waals surface area contributed by atoms with E-state index in [1.54, 1.807) is 25.3 Å². The predicted molar refractivity (Wildman–Crippen MR) is 137 cm³/mol. The molecule has 1 atom stereocenters. The van der Waals surface area contributed by atoms with E-state index >= 15 is 0 Å². The Morgan fingerprint density at radius 3 is 2.29 bits per heavy atom. The molecule has 34 heavy (non-hydrogen) atoms. The number of β-amino-alcohol motifs (C(OH)–C–C–N with tert-alkyl or cyclic N) is 1. The largest absolute Gasteiger partial charge is 0.493 e. The number of piperidine rings is 1. The fourth-order valence-electron chi connectivity index (χ4n) is 4.22. The number of nitrogens with two attached hydrogens (primary N) is 1. The van der Waals surface area contributed by atoms with Crippen molar-refractivity contribution in [1.29, 1.82) is 0 Å². The second-order valence-corrected chi connectivity index (χ2v) is 8.43. The Morgan fingerprint density at radius 2 is 1.62 bits per heavy atom. The van der Waals surface area contributed by atoms with Gasteiger partial charge >= 0.3 is 0 Å². The topological polar surface area (TPSA) is 77.2 Å². The summed E-state index contributed by atoms with van der Waals surface area (Å²) < 4.78 is 17.0. The van der Waals surface area contributed by atoms with Crippen LogP contribution >= 0.6 is 0 Å². The van der Waals surface area contributed by atoms with Gasteiger partial charge in [-0.3, -0.25) is 0 Å². The van der Waals surface area contributed by atoms with Crippen LogP contribution in [0.5, 0.6) is 23.0 Å². The monoisotopic (exact) mass is 464 g/mol. The van der Waals surface area contributed by atoms with Gasteiger partial charge in [0.1, 0.15) is 24.2 Å². The molecule has 0 aliphatic carbocycles. The number of para-hydroxylation sites is 1. The molecule has 6 heteroatoms. The smallest absolute Gasteiger partial charge is 0.163 e. The van der Waals surface area contributed by atoms with Crippen LogP contribution in [-0.4, -0.2) is 49.5 Å². The Bertz CT molecular complexity index is 1000. The number of aliphatic hydroxyl groups excluding tert-OH is 1. The minimum atomic E-state index is -0.581. The molecule has 0 amide bonds. The molecule has 4 rings (SSSR count). The number of aliphatic hydroxyl groups is 1. The first-order chi connectivity index (χ1) is 16.1. The van der Waals surface area contributed by atoms with Crippen molar-refractivity contribution in [1.82, 2.24) is 4.90 Å². The number of likely N-dealkylation sites (tertiary alicyclic amines) is 1. The maximum Gasteiger partial charge on any atom is 0.163 e. The molecule has 0 spiro atoms. The third kappa shape index (κ3) is 6.89. The number of methoxy groups -OCH3 is 1. The average Bonchev–Trinajstić information content (AvgIpc) is 2.84. The van der Waals surface area contributed by atoms with Crippen LogP contribution in [0.25, 0.3) is 0 Å². The van der Waals surface area contributed by atoms with Gasteiger partial charge in [-0.25, -0.2) is 0 Å². The molecular weight excluding hydrogens is 428 g/mol. The van der Waals surface area contributed by atoms with Gasteiger partial charge in [-0.05, 0) is 73.8 Å². The molecule has 0 bridgehead atoms. The molecule has 3 N–H and O–H groups in total. The molecule has 1 aliphatic rings. The summed E-state index contributed by atoms with van der Waals surface area (Å²) in [6, 6.07) is 23.5. The molecule has 0 saturated carbocycles. The molecule has 1 saturated heterocycles. The highest BCUT2D eigenvalue weighted by Crippen LogP contribution is 2.31. The number of hydrogen-bond donors (Lipinski definition) is 2. The number of rotatable bonds is 9. The molecule has 0 radical (unpaired) electrons. The minimum absolute atomic E-state index is 0. The van der Waals surface area contributed by atoms with Crippen molar-refractivity contribution in [3.63, 3.8) is 0 Å². The lowest BCUT2D eigenvalue weighted by atomic mass is 9.89. The van der Waals surface area contributed by atoms with Gasteiger partial charge in [0, 0.05) is 18.3 Å². The number of benzene rings is 3. The maximum absolute atomic E-state index is 10.5. The van der Waals surface area contributed by atoms with Crippen molar-refractivity contribution in [2.45, 2.75) is 32.3 Å². The summed E-state index contributed by atoms with van der Waals surface area (Å²) >= 11 is 0. The molecule has 0 aromatic heterocycles. The van der Waals surface area contributed by atoms with E-state index < -0.39 is 6.10 Å². The highest BCUT2D eigenvalue weighted by atomic mass is 16.5. The van der Waals surface area contributed by atoms with E-state index in [-0.39, 0.29) is 14.0 Å². The normalized spacial score (nSPS) is 15.2. The Balaban J connectivity index is 0.00000324. The molecular formula is C28H36N2O4. The Morgan fingerprint density at radius 1 is 0.941 bits per heavy atom. The standard InChI is InChI=1S/C27H32N2O4.CH4/c1-31-26-12-9-22(28)17-27(26)32-19-23(30)18-29-15-13-21(14-16-29)20-7-10-25(11-8-20)33-24-5-3-2-4-6-24;/h2-12,17,21,23,30H,13-16,18-19,28H2,1H3;1H4/t23-;/m0./s1. The van der Waals surface area contributed by atoms with Gasteiger partial charge in [0.25, 0.3) is 0 Å². The average molecular weight is 465 g/mol. The van der Waals surface area contributed by atoms with Crippen LogP contribution in [0.3, 0.4) is 0 Å². The lowest BCUT2D eigenvalue weighted by Gasteiger charge is -2.33. The van der Waals surface area contributed by atoms with Gasteiger partial charge in [-0.2, -0.15) is 0 Å². The molecule has 0 unspecified atom stereocenters. The van der Waals surface area contributed by atoms with Crippen LogP contribution in [0.1, 0.15) is 31.7 Å². The van der Waals surface area contributed by atoms with Crippen LogP contribution in [0.4, 0.5) is 5.69 Å². The highest BCUT2D eigenvalue weighted by Gasteiger charge is 2.22. The van der Waals surface area contributed by atoms with E-state index in [4.69, 9.17) is 19.9 Å². The number of ether oxygens (including phenoxy) is 3. The van der Waals surface area contributed by atoms with Gasteiger partial charge in [0.05, 0.1) is 7.11 Å². The summed E-state index contributed by atoms with van der Waals surface area (Å²) in [5.74, 6) is 3.38. The molecule has 3 aromatic rings. The number of nitrogens with zero attached hydrogens (tertiary/aromatic N) is 1. The maximum atomic E-state index is 10.5. The molecule has 6 nitrogen and oxygen atoms in total. The van der Waals surface area contributed by atoms with E-state index in [9.17, 15) is 5.11 Å². The van der Waals surface area contributed by atoms with Gasteiger partial charge in [-0.15, -0.1) is 0 Å². The first-order valence-electron chi connectivity index (χ1n) is 11.4. The van der Waals surface area contributed by atoms with Gasteiger partial charge in [0.2, 0.25) is 0 Å². The zero-order valence-electron chi connectivity index (χ0n) is 19.0. The number of hydrogen-bond acceptors (Lipinski definition) is 6. The first kappa shape index (κ1) is 25.4. The molecule has 1 fully saturated rings. The SMILES string of the molecule is C.COc1ccc(N)cc1OC[C@@H](O)CN1CCC(c2ccc(Oc3ccccc3)cc2)CC1. The first-order valence-corrected chi connectivity index (χ1v) is 11.4. The summed E-state index contributed by atoms with van der Waals surface area (Å²) in [7, 11) is 1.59. The third-order valence-electron chi connectivity index (χ3n) is 6.01. The van der Waals surface area contributed by atoms with E-state index in [1.165, 1.54) is 5.56 Å². The fraction of sp³-hybridized carbons (Fsp3) is 0.357. The van der Waals surface area contributed by atoms with Crippen molar-refractivity contribution in [2.75, 3.05) is 39.1 Å². The molecule has 182 valence electrons. The van der Waals surface area contributed by atoms with E-state index in [0.717, 1.165) is 37.4 Å². The molecule has 1 heterocycles. The third-order valence-corrected chi connectivity index (χ3v) is 6.01. The van der Waals surface area contributed by atoms with Crippen molar-refractivity contribution in [3.8, 4) is 23.0 Å². The zero-order chi connectivity index (χ0) is 23.0. The van der Waals surface area contributed by atoms with Crippen molar-refractivity contribution < 1.29 is 19.3 Å². The predicted octanol–water partition coefficient (Wildman–Crippen LogP) is 5.33. The van der Waals surface area contributed by atoms with Crippen LogP contribution in [0, 0.1) is 0 Å². The van der Waals surface area contributed by atoms with Crippen molar-refractivity contribution in [2.24, 2.45) is 0 Å². The van der Waals surface area contributed by atoms with E-state index in [0.29, 0.717) is 29.6 Å². The summed E-state index contributed by atoms with van der Waals surface area (Å²) in [5.41, 5.74) is 7.77. The lowest BCUT2D eigenvalue weighted by molar-refractivity contribution is 0.0586. The van der Waals surface area contributed by atoms with Gasteiger partial charge < -0.3 is 30.0 Å². The molecule has 3 aromatic carbocycles. The van der Waals surface area contributed by atoms with Crippen LogP contribution in [0.2, 0.25) is 0 Å². The summed E-state index contributed by atoms with van der Waals surface area (Å²) in [6.07, 6.45) is 1.55. The van der Waals surface area contributed by atoms with Crippen LogP contribution in [0.15, 0.2) is 72.8 Å². The number of nitrogen functional groups attached to an aromatic ring is 1. The van der Waals surface area contributed by atoms with Crippen molar-refractivity contribution >= 4 is 5.69 Å². The molecule has 1 aliphatic heterocycles. The summed E-state index contributed by atoms with van der Waals surface area (Å²) in [6.45, 7) is 2.68. The number of anilines is 1. The summed E-state index contributed by atoms with van der Waals surface area (Å²) in [4.78, 5) is 2.30. The fourth-order valence-corrected chi connectivity index (χ4v) is 4.22. The second-order valence-electron chi connectivity index (χ2n) is 8.43. The Hall–Kier alpha value is -3.22. The van der Waals surface area contributed by atoms with Gasteiger partial charge in [0.15, 0.2) is 11.5 Å².